The molecule has 1 aliphatic heterocycles. The Hall–Kier alpha value is -4.54. The number of halogens is 3. The van der Waals surface area contributed by atoms with Crippen molar-refractivity contribution in [2.24, 2.45) is 0 Å². The van der Waals surface area contributed by atoms with Crippen LogP contribution in [-0.2, 0) is 12.8 Å². The molecule has 0 bridgehead atoms. The summed E-state index contributed by atoms with van der Waals surface area (Å²) in [7, 11) is 0. The maximum Gasteiger partial charge on any atom is 0.359 e. The van der Waals surface area contributed by atoms with Crippen LogP contribution in [0.4, 0.5) is 24.7 Å². The summed E-state index contributed by atoms with van der Waals surface area (Å²) in [6, 6.07) is 9.55. The fraction of sp³-hybridized carbons (Fsp3) is 0.125. The molecule has 2 aromatic heterocycles. The van der Waals surface area contributed by atoms with Crippen LogP contribution in [0.3, 0.4) is 0 Å². The van der Waals surface area contributed by atoms with Crippen LogP contribution in [0, 0.1) is 27.6 Å². The Morgan fingerprint density at radius 2 is 1.83 bits per heavy atom. The summed E-state index contributed by atoms with van der Waals surface area (Å²) in [6.07, 6.45) is 2.54. The van der Waals surface area contributed by atoms with Crippen molar-refractivity contribution in [1.29, 1.82) is 0 Å². The molecule has 0 spiro atoms. The number of nitrogens with one attached hydrogen (secondary N) is 1. The third kappa shape index (κ3) is 4.01. The van der Waals surface area contributed by atoms with Gasteiger partial charge in [0.1, 0.15) is 35.0 Å². The maximum absolute atomic E-state index is 14.9. The lowest BCUT2D eigenvalue weighted by Gasteiger charge is -2.09. The lowest BCUT2D eigenvalue weighted by Crippen LogP contribution is -2.44. The van der Waals surface area contributed by atoms with Crippen molar-refractivity contribution in [3.05, 3.63) is 106 Å². The van der Waals surface area contributed by atoms with Crippen molar-refractivity contribution in [1.82, 2.24) is 4.98 Å². The van der Waals surface area contributed by atoms with E-state index in [1.165, 1.54) is 35.2 Å². The normalized spacial score (nSPS) is 14.6. The number of fused-ring (bicyclic) bond motifs is 1. The van der Waals surface area contributed by atoms with Crippen molar-refractivity contribution >= 4 is 17.4 Å². The Labute approximate surface area is 195 Å². The van der Waals surface area contributed by atoms with Crippen LogP contribution in [0.2, 0.25) is 0 Å². The van der Waals surface area contributed by atoms with Gasteiger partial charge in [0.15, 0.2) is 0 Å². The highest BCUT2D eigenvalue weighted by Crippen LogP contribution is 2.30. The molecule has 2 aromatic carbocycles. The molecule has 0 radical (unpaired) electrons. The third-order valence-corrected chi connectivity index (χ3v) is 5.71. The molecule has 35 heavy (non-hydrogen) atoms. The van der Waals surface area contributed by atoms with E-state index >= 15 is 0 Å². The van der Waals surface area contributed by atoms with Gasteiger partial charge in [-0.15, -0.1) is 0 Å². The number of hydrogen-bond acceptors (Lipinski definition) is 6. The van der Waals surface area contributed by atoms with Gasteiger partial charge in [-0.05, 0) is 30.3 Å². The predicted octanol–water partition coefficient (Wildman–Crippen LogP) is 4.22. The smallest absolute Gasteiger partial charge is 0.359 e. The van der Waals surface area contributed by atoms with Crippen molar-refractivity contribution < 1.29 is 31.9 Å². The van der Waals surface area contributed by atoms with E-state index in [1.807, 2.05) is 0 Å². The molecule has 0 saturated carbocycles. The number of hydrogen-bond donors (Lipinski definition) is 1. The molecule has 176 valence electrons. The zero-order valence-electron chi connectivity index (χ0n) is 17.9. The van der Waals surface area contributed by atoms with Gasteiger partial charge in [0.05, 0.1) is 17.6 Å². The second-order valence-corrected chi connectivity index (χ2v) is 7.88. The van der Waals surface area contributed by atoms with Gasteiger partial charge in [0, 0.05) is 23.6 Å². The van der Waals surface area contributed by atoms with Crippen molar-refractivity contribution in [3.8, 4) is 11.3 Å². The molecular formula is C24H16F3N4O4+. The number of carbonyl (C=O) groups excluding carboxylic acids is 1. The molecule has 1 atom stereocenters. The molecule has 0 fully saturated rings. The second kappa shape index (κ2) is 8.67. The van der Waals surface area contributed by atoms with E-state index in [0.717, 1.165) is 18.2 Å². The van der Waals surface area contributed by atoms with Crippen LogP contribution in [-0.4, -0.2) is 21.9 Å². The number of benzene rings is 2. The summed E-state index contributed by atoms with van der Waals surface area (Å²) >= 11 is 0. The van der Waals surface area contributed by atoms with E-state index in [2.05, 4.69) is 10.3 Å². The Balaban J connectivity index is 1.64. The Morgan fingerprint density at radius 3 is 2.51 bits per heavy atom. The molecule has 4 aromatic rings. The molecule has 5 rings (SSSR count). The van der Waals surface area contributed by atoms with Crippen molar-refractivity contribution in [2.45, 2.75) is 18.9 Å². The number of furan rings is 1. The van der Waals surface area contributed by atoms with Crippen molar-refractivity contribution in [3.63, 3.8) is 0 Å². The lowest BCUT2D eigenvalue weighted by atomic mass is 10.1. The molecule has 8 nitrogen and oxygen atoms in total. The fourth-order valence-electron chi connectivity index (χ4n) is 4.02. The van der Waals surface area contributed by atoms with Gasteiger partial charge in [0.2, 0.25) is 11.9 Å². The van der Waals surface area contributed by atoms with E-state index in [-0.39, 0.29) is 41.2 Å². The van der Waals surface area contributed by atoms with Gasteiger partial charge in [-0.2, -0.15) is 8.96 Å². The number of anilines is 1. The van der Waals surface area contributed by atoms with Gasteiger partial charge < -0.3 is 4.42 Å². The van der Waals surface area contributed by atoms with E-state index in [0.29, 0.717) is 5.76 Å². The minimum Gasteiger partial charge on any atom is -0.469 e. The van der Waals surface area contributed by atoms with Gasteiger partial charge in [-0.3, -0.25) is 15.4 Å². The summed E-state index contributed by atoms with van der Waals surface area (Å²) in [4.78, 5) is 27.9. The monoisotopic (exact) mass is 481 g/mol. The molecule has 0 amide bonds. The zero-order valence-corrected chi connectivity index (χ0v) is 17.9. The Morgan fingerprint density at radius 1 is 1.09 bits per heavy atom. The zero-order chi connectivity index (χ0) is 24.7. The first kappa shape index (κ1) is 22.3. The average Bonchev–Trinajstić information content (AvgIpc) is 3.45. The van der Waals surface area contributed by atoms with Gasteiger partial charge in [-0.25, -0.2) is 18.6 Å². The van der Waals surface area contributed by atoms with Crippen LogP contribution in [0.15, 0.2) is 65.4 Å². The fourth-order valence-corrected chi connectivity index (χ4v) is 4.02. The largest absolute Gasteiger partial charge is 0.469 e. The molecule has 1 unspecified atom stereocenters. The van der Waals surface area contributed by atoms with Crippen LogP contribution in [0.5, 0.6) is 0 Å². The summed E-state index contributed by atoms with van der Waals surface area (Å²) in [5, 5.41) is 14.2. The number of carbonyl (C=O) groups is 1. The number of aromatic nitrogens is 2. The van der Waals surface area contributed by atoms with E-state index < -0.39 is 40.0 Å². The van der Waals surface area contributed by atoms with Gasteiger partial charge in [0.25, 0.3) is 0 Å². The number of nitrogens with zero attached hydrogens (tertiary/aromatic N) is 3. The Kier molecular flexibility index (Phi) is 5.51. The predicted molar refractivity (Wildman–Crippen MR) is 116 cm³/mol. The maximum atomic E-state index is 14.9. The molecule has 1 N–H and O–H groups in total. The van der Waals surface area contributed by atoms with Crippen LogP contribution in [0.25, 0.3) is 11.3 Å². The van der Waals surface area contributed by atoms with Crippen molar-refractivity contribution in [2.75, 3.05) is 5.32 Å². The quantitative estimate of drug-likeness (QED) is 0.251. The highest BCUT2D eigenvalue weighted by molar-refractivity contribution is 5.82. The number of nitro groups is 1. The molecule has 3 heterocycles. The van der Waals surface area contributed by atoms with E-state index in [1.54, 1.807) is 12.1 Å². The van der Waals surface area contributed by atoms with E-state index in [9.17, 15) is 28.1 Å². The first-order valence-corrected chi connectivity index (χ1v) is 10.5. The summed E-state index contributed by atoms with van der Waals surface area (Å²) in [6.45, 7) is 0. The molecule has 1 aliphatic rings. The lowest BCUT2D eigenvalue weighted by molar-refractivity contribution is -0.552. The number of rotatable bonds is 6. The summed E-state index contributed by atoms with van der Waals surface area (Å²) < 4.78 is 50.3. The van der Waals surface area contributed by atoms with Crippen LogP contribution < -0.4 is 9.88 Å². The molecule has 0 aliphatic carbocycles. The second-order valence-electron chi connectivity index (χ2n) is 7.88. The number of nitro benzene ring substituents is 1. The average molecular weight is 481 g/mol. The minimum atomic E-state index is -1.14. The first-order chi connectivity index (χ1) is 16.8. The first-order valence-electron chi connectivity index (χ1n) is 10.5. The summed E-state index contributed by atoms with van der Waals surface area (Å²) in [5.74, 6) is -2.48. The van der Waals surface area contributed by atoms with Gasteiger partial charge in [-0.1, -0.05) is 12.1 Å². The Bertz CT molecular complexity index is 1450. The minimum absolute atomic E-state index is 0.0627. The summed E-state index contributed by atoms with van der Waals surface area (Å²) in [5.41, 5.74) is -1.32. The highest BCUT2D eigenvalue weighted by atomic mass is 19.1. The van der Waals surface area contributed by atoms with E-state index in [4.69, 9.17) is 4.42 Å². The third-order valence-electron chi connectivity index (χ3n) is 5.71. The molecule has 11 heteroatoms. The standard InChI is InChI=1S/C24H15F3N4O4/c25-16-6-2-7-17(26)15(16)11-18-23-29-19(10-13-4-3-9-35-13)24(32)30(23)12-20(28-18)14-5-1-8-21(22(14)27)31(33)34/h1-9,12,19H,10-11H2/p+1. The van der Waals surface area contributed by atoms with Crippen LogP contribution >= 0.6 is 0 Å². The van der Waals surface area contributed by atoms with Gasteiger partial charge >= 0.3 is 17.4 Å². The van der Waals surface area contributed by atoms with Crippen LogP contribution in [0.1, 0.15) is 21.8 Å². The topological polar surface area (TPSA) is 102 Å². The highest BCUT2D eigenvalue weighted by Gasteiger charge is 2.42. The molecular weight excluding hydrogens is 465 g/mol. The molecule has 0 saturated heterocycles. The SMILES string of the molecule is O=C1C(Cc2ccco2)Nc2c(Cc3c(F)cccc3F)nc(-c3cccc([N+](=O)[O-])c3F)c[n+]21.